The molecule has 1 aromatic heterocycles. The Balaban J connectivity index is 3.03. The number of hydrogen-bond acceptors (Lipinski definition) is 1. The highest BCUT2D eigenvalue weighted by atomic mass is 14.7. The van der Waals surface area contributed by atoms with Gasteiger partial charge in [-0.1, -0.05) is 38.0 Å². The topological polar surface area (TPSA) is 12.9 Å². The van der Waals surface area contributed by atoms with Crippen molar-refractivity contribution in [3.05, 3.63) is 55.4 Å². The van der Waals surface area contributed by atoms with E-state index in [4.69, 9.17) is 0 Å². The molecule has 17 heavy (non-hydrogen) atoms. The van der Waals surface area contributed by atoms with E-state index in [9.17, 15) is 0 Å². The number of nitrogens with zero attached hydrogens (tertiary/aromatic N) is 1. The highest BCUT2D eigenvalue weighted by molar-refractivity contribution is 5.20. The normalized spacial score (nSPS) is 11.1. The summed E-state index contributed by atoms with van der Waals surface area (Å²) in [7, 11) is 0. The summed E-state index contributed by atoms with van der Waals surface area (Å²) in [4.78, 5) is 4.55. The fourth-order valence-corrected chi connectivity index (χ4v) is 2.37. The minimum atomic E-state index is 0.0980. The maximum Gasteiger partial charge on any atom is 0.0471 e. The van der Waals surface area contributed by atoms with Crippen molar-refractivity contribution in [1.29, 1.82) is 0 Å². The smallest absolute Gasteiger partial charge is 0.0471 e. The molecule has 0 aromatic carbocycles. The van der Waals surface area contributed by atoms with Crippen LogP contribution in [0.1, 0.15) is 44.7 Å². The summed E-state index contributed by atoms with van der Waals surface area (Å²) in [5, 5.41) is 0. The van der Waals surface area contributed by atoms with Crippen LogP contribution in [-0.4, -0.2) is 4.98 Å². The molecule has 0 saturated carbocycles. The predicted octanol–water partition coefficient (Wildman–Crippen LogP) is 4.66. The maximum absolute atomic E-state index is 4.55. The van der Waals surface area contributed by atoms with E-state index in [1.807, 2.05) is 24.4 Å². The van der Waals surface area contributed by atoms with Gasteiger partial charge < -0.3 is 0 Å². The van der Waals surface area contributed by atoms with Crippen LogP contribution < -0.4 is 0 Å². The van der Waals surface area contributed by atoms with Crippen molar-refractivity contribution in [1.82, 2.24) is 4.98 Å². The van der Waals surface area contributed by atoms with Gasteiger partial charge in [-0.15, -0.1) is 13.2 Å². The van der Waals surface area contributed by atoms with Crippen molar-refractivity contribution in [2.45, 2.75) is 44.4 Å². The van der Waals surface area contributed by atoms with E-state index >= 15 is 0 Å². The summed E-state index contributed by atoms with van der Waals surface area (Å²) in [6.45, 7) is 10.0. The van der Waals surface area contributed by atoms with E-state index in [1.54, 1.807) is 0 Å². The van der Waals surface area contributed by atoms with Crippen molar-refractivity contribution in [2.75, 3.05) is 0 Å². The molecule has 1 rings (SSSR count). The first-order valence-corrected chi connectivity index (χ1v) is 6.42. The molecular formula is C16H23N. The predicted molar refractivity (Wildman–Crippen MR) is 75.1 cm³/mol. The van der Waals surface area contributed by atoms with Crippen LogP contribution in [0.25, 0.3) is 0 Å². The number of rotatable bonds is 8. The van der Waals surface area contributed by atoms with Gasteiger partial charge in [0.2, 0.25) is 0 Å². The fourth-order valence-electron chi connectivity index (χ4n) is 2.37. The second kappa shape index (κ2) is 7.05. The van der Waals surface area contributed by atoms with Crippen LogP contribution in [0, 0.1) is 0 Å². The first kappa shape index (κ1) is 13.7. The average molecular weight is 229 g/mol. The lowest BCUT2D eigenvalue weighted by Gasteiger charge is -2.31. The van der Waals surface area contributed by atoms with Gasteiger partial charge in [0, 0.05) is 17.3 Å². The molecule has 1 heteroatoms. The Labute approximate surface area is 105 Å². The zero-order valence-corrected chi connectivity index (χ0v) is 10.9. The van der Waals surface area contributed by atoms with E-state index in [1.165, 1.54) is 18.5 Å². The summed E-state index contributed by atoms with van der Waals surface area (Å²) in [5.41, 5.74) is 1.27. The quantitative estimate of drug-likeness (QED) is 0.591. The Morgan fingerprint density at radius 2 is 1.94 bits per heavy atom. The molecule has 0 atom stereocenters. The summed E-state index contributed by atoms with van der Waals surface area (Å²) in [6.07, 6.45) is 11.4. The molecule has 0 radical (unpaired) electrons. The Kier molecular flexibility index (Phi) is 5.68. The number of allylic oxidation sites excluding steroid dienone is 2. The van der Waals surface area contributed by atoms with Crippen molar-refractivity contribution in [2.24, 2.45) is 0 Å². The molecule has 0 saturated heterocycles. The summed E-state index contributed by atoms with van der Waals surface area (Å²) in [5.74, 6) is 0. The Morgan fingerprint density at radius 3 is 2.41 bits per heavy atom. The third-order valence-corrected chi connectivity index (χ3v) is 3.29. The third-order valence-electron chi connectivity index (χ3n) is 3.29. The number of hydrogen-bond donors (Lipinski definition) is 0. The van der Waals surface area contributed by atoms with E-state index in [-0.39, 0.29) is 5.41 Å². The molecule has 0 unspecified atom stereocenters. The lowest BCUT2D eigenvalue weighted by atomic mass is 9.74. The van der Waals surface area contributed by atoms with Crippen molar-refractivity contribution in [3.8, 4) is 0 Å². The summed E-state index contributed by atoms with van der Waals surface area (Å²) < 4.78 is 0. The van der Waals surface area contributed by atoms with Crippen molar-refractivity contribution in [3.63, 3.8) is 0 Å². The molecule has 0 bridgehead atoms. The minimum absolute atomic E-state index is 0.0980. The summed E-state index contributed by atoms with van der Waals surface area (Å²) >= 11 is 0. The molecule has 0 amide bonds. The van der Waals surface area contributed by atoms with Crippen LogP contribution in [0.5, 0.6) is 0 Å². The first-order valence-electron chi connectivity index (χ1n) is 6.42. The number of pyridine rings is 1. The fraction of sp³-hybridized carbons (Fsp3) is 0.438. The van der Waals surface area contributed by atoms with Gasteiger partial charge in [0.25, 0.3) is 0 Å². The summed E-state index contributed by atoms with van der Waals surface area (Å²) in [6, 6.07) is 6.16. The Bertz CT molecular complexity index is 330. The molecule has 0 aliphatic heterocycles. The van der Waals surface area contributed by atoms with Crippen LogP contribution in [0.3, 0.4) is 0 Å². The number of aromatic nitrogens is 1. The lowest BCUT2D eigenvalue weighted by Crippen LogP contribution is -2.26. The molecule has 0 aliphatic carbocycles. The van der Waals surface area contributed by atoms with Crippen LogP contribution in [0.4, 0.5) is 0 Å². The van der Waals surface area contributed by atoms with Crippen LogP contribution in [0.2, 0.25) is 0 Å². The van der Waals surface area contributed by atoms with Gasteiger partial charge in [0.05, 0.1) is 0 Å². The Morgan fingerprint density at radius 1 is 1.24 bits per heavy atom. The molecular weight excluding hydrogens is 206 g/mol. The van der Waals surface area contributed by atoms with Gasteiger partial charge in [0.1, 0.15) is 0 Å². The lowest BCUT2D eigenvalue weighted by molar-refractivity contribution is 0.376. The van der Waals surface area contributed by atoms with Crippen molar-refractivity contribution >= 4 is 0 Å². The van der Waals surface area contributed by atoms with Gasteiger partial charge in [-0.2, -0.15) is 0 Å². The number of unbranched alkanes of at least 4 members (excludes halogenated alkanes) is 1. The van der Waals surface area contributed by atoms with Gasteiger partial charge in [-0.3, -0.25) is 4.98 Å². The standard InChI is InChI=1S/C16H23N/c1-4-7-13-16(11-5-2,12-6-3)15-10-8-9-14-17-15/h5-6,8-10,14H,2-4,7,11-13H2,1H3. The minimum Gasteiger partial charge on any atom is -0.261 e. The average Bonchev–Trinajstić information content (AvgIpc) is 2.37. The molecule has 1 heterocycles. The molecule has 0 aliphatic rings. The maximum atomic E-state index is 4.55. The Hall–Kier alpha value is -1.37. The second-order valence-corrected chi connectivity index (χ2v) is 4.58. The molecule has 92 valence electrons. The molecule has 0 N–H and O–H groups in total. The van der Waals surface area contributed by atoms with Gasteiger partial charge in [-0.05, 0) is 31.4 Å². The molecule has 0 spiro atoms. The van der Waals surface area contributed by atoms with E-state index in [2.05, 4.69) is 37.2 Å². The largest absolute Gasteiger partial charge is 0.261 e. The van der Waals surface area contributed by atoms with Crippen LogP contribution >= 0.6 is 0 Å². The SMILES string of the molecule is C=CCC(CC=C)(CCCC)c1ccccn1. The highest BCUT2D eigenvalue weighted by Crippen LogP contribution is 2.36. The van der Waals surface area contributed by atoms with Crippen molar-refractivity contribution < 1.29 is 0 Å². The third kappa shape index (κ3) is 3.55. The monoisotopic (exact) mass is 229 g/mol. The van der Waals surface area contributed by atoms with Crippen LogP contribution in [-0.2, 0) is 5.41 Å². The van der Waals surface area contributed by atoms with E-state index in [0.717, 1.165) is 19.3 Å². The highest BCUT2D eigenvalue weighted by Gasteiger charge is 2.30. The molecule has 0 fully saturated rings. The van der Waals surface area contributed by atoms with E-state index in [0.29, 0.717) is 0 Å². The first-order chi connectivity index (χ1) is 8.29. The molecule has 1 nitrogen and oxygen atoms in total. The second-order valence-electron chi connectivity index (χ2n) is 4.58. The van der Waals surface area contributed by atoms with Gasteiger partial charge in [0.15, 0.2) is 0 Å². The zero-order valence-electron chi connectivity index (χ0n) is 10.9. The van der Waals surface area contributed by atoms with Gasteiger partial charge >= 0.3 is 0 Å². The molecule has 1 aromatic rings. The van der Waals surface area contributed by atoms with Gasteiger partial charge in [-0.25, -0.2) is 0 Å². The van der Waals surface area contributed by atoms with E-state index < -0.39 is 0 Å². The van der Waals surface area contributed by atoms with Crippen LogP contribution in [0.15, 0.2) is 49.7 Å². The zero-order chi connectivity index (χ0) is 12.6.